The van der Waals surface area contributed by atoms with Crippen molar-refractivity contribution in [1.82, 2.24) is 10.2 Å². The lowest BCUT2D eigenvalue weighted by Crippen LogP contribution is -2.60. The van der Waals surface area contributed by atoms with Crippen molar-refractivity contribution in [3.05, 3.63) is 35.9 Å². The van der Waals surface area contributed by atoms with Gasteiger partial charge < -0.3 is 20.1 Å². The minimum atomic E-state index is -0.932. The summed E-state index contributed by atoms with van der Waals surface area (Å²) in [5, 5.41) is 13.4. The molecule has 0 radical (unpaired) electrons. The van der Waals surface area contributed by atoms with E-state index in [0.717, 1.165) is 5.56 Å². The van der Waals surface area contributed by atoms with Crippen LogP contribution in [0.4, 0.5) is 4.79 Å². The van der Waals surface area contributed by atoms with Gasteiger partial charge in [-0.3, -0.25) is 0 Å². The van der Waals surface area contributed by atoms with Crippen LogP contribution in [-0.2, 0) is 11.3 Å². The molecule has 1 aromatic rings. The van der Waals surface area contributed by atoms with Crippen LogP contribution in [0.15, 0.2) is 30.3 Å². The fraction of sp³-hybridized carbons (Fsp3) is 0.533. The zero-order chi connectivity index (χ0) is 14.6. The summed E-state index contributed by atoms with van der Waals surface area (Å²) in [6.07, 6.45) is 0.341. The number of amides is 1. The molecule has 1 aliphatic rings. The molecular weight excluding hydrogens is 256 g/mol. The highest BCUT2D eigenvalue weighted by Crippen LogP contribution is 2.21. The van der Waals surface area contributed by atoms with E-state index >= 15 is 0 Å². The fourth-order valence-electron chi connectivity index (χ4n) is 2.59. The van der Waals surface area contributed by atoms with E-state index in [9.17, 15) is 9.90 Å². The Labute approximate surface area is 119 Å². The maximum Gasteiger partial charge on any atom is 0.410 e. The summed E-state index contributed by atoms with van der Waals surface area (Å²) in [6, 6.07) is 9.57. The Balaban J connectivity index is 1.87. The van der Waals surface area contributed by atoms with Crippen LogP contribution in [-0.4, -0.2) is 47.9 Å². The van der Waals surface area contributed by atoms with Crippen molar-refractivity contribution in [1.29, 1.82) is 0 Å². The topological polar surface area (TPSA) is 61.8 Å². The van der Waals surface area contributed by atoms with Gasteiger partial charge in [-0.1, -0.05) is 30.3 Å². The number of benzene rings is 1. The second-order valence-electron chi connectivity index (χ2n) is 5.45. The van der Waals surface area contributed by atoms with Gasteiger partial charge in [0, 0.05) is 12.6 Å². The highest BCUT2D eigenvalue weighted by molar-refractivity contribution is 5.68. The summed E-state index contributed by atoms with van der Waals surface area (Å²) in [7, 11) is 1.82. The number of likely N-dealkylation sites (tertiary alicyclic amines) is 1. The van der Waals surface area contributed by atoms with Crippen molar-refractivity contribution in [3.8, 4) is 0 Å². The minimum absolute atomic E-state index is 0.000623. The average Bonchev–Trinajstić information content (AvgIpc) is 2.44. The normalized spacial score (nSPS) is 26.4. The molecule has 2 atom stereocenters. The number of piperidine rings is 1. The number of aliphatic hydroxyl groups is 1. The molecule has 1 heterocycles. The highest BCUT2D eigenvalue weighted by atomic mass is 16.6. The first-order chi connectivity index (χ1) is 9.53. The molecule has 0 aliphatic carbocycles. The van der Waals surface area contributed by atoms with E-state index in [2.05, 4.69) is 5.32 Å². The number of nitrogens with one attached hydrogen (secondary N) is 1. The van der Waals surface area contributed by atoms with Crippen LogP contribution in [0.2, 0.25) is 0 Å². The number of likely N-dealkylation sites (N-methyl/N-ethyl adjacent to an activating group) is 1. The third-order valence-corrected chi connectivity index (χ3v) is 3.76. The molecule has 1 aromatic carbocycles. The van der Waals surface area contributed by atoms with Crippen LogP contribution >= 0.6 is 0 Å². The van der Waals surface area contributed by atoms with Crippen LogP contribution in [0.1, 0.15) is 18.9 Å². The minimum Gasteiger partial charge on any atom is -0.445 e. The maximum atomic E-state index is 12.0. The molecule has 1 fully saturated rings. The third kappa shape index (κ3) is 3.49. The van der Waals surface area contributed by atoms with Crippen LogP contribution in [0.5, 0.6) is 0 Å². The summed E-state index contributed by atoms with van der Waals surface area (Å²) in [4.78, 5) is 13.6. The van der Waals surface area contributed by atoms with Crippen LogP contribution in [0.3, 0.4) is 0 Å². The summed E-state index contributed by atoms with van der Waals surface area (Å²) in [5.74, 6) is 0. The lowest BCUT2D eigenvalue weighted by atomic mass is 9.89. The molecule has 2 unspecified atom stereocenters. The molecule has 0 aromatic heterocycles. The monoisotopic (exact) mass is 278 g/mol. The lowest BCUT2D eigenvalue weighted by molar-refractivity contribution is -0.0398. The zero-order valence-electron chi connectivity index (χ0n) is 12.0. The molecule has 110 valence electrons. The number of hydrogen-bond acceptors (Lipinski definition) is 4. The van der Waals surface area contributed by atoms with Crippen molar-refractivity contribution in [3.63, 3.8) is 0 Å². The first-order valence-electron chi connectivity index (χ1n) is 6.88. The average molecular weight is 278 g/mol. The van der Waals surface area contributed by atoms with Gasteiger partial charge in [-0.05, 0) is 26.0 Å². The number of β-amino-alcohol motifs (C(OH)–C–C–N with tert-alkyl or cyclic N) is 1. The molecule has 2 rings (SSSR count). The SMILES string of the molecule is CNC1CCN(C(=O)OCc2ccccc2)CC1(C)O. The van der Waals surface area contributed by atoms with E-state index in [1.54, 1.807) is 11.8 Å². The Morgan fingerprint density at radius 1 is 1.50 bits per heavy atom. The summed E-state index contributed by atoms with van der Waals surface area (Å²) < 4.78 is 5.29. The maximum absolute atomic E-state index is 12.0. The third-order valence-electron chi connectivity index (χ3n) is 3.76. The molecule has 0 saturated carbocycles. The van der Waals surface area contributed by atoms with Crippen LogP contribution < -0.4 is 5.32 Å². The van der Waals surface area contributed by atoms with Crippen LogP contribution in [0.25, 0.3) is 0 Å². The number of carbonyl (C=O) groups is 1. The Morgan fingerprint density at radius 3 is 2.80 bits per heavy atom. The van der Waals surface area contributed by atoms with Crippen LogP contribution in [0, 0.1) is 0 Å². The second-order valence-corrected chi connectivity index (χ2v) is 5.45. The van der Waals surface area contributed by atoms with E-state index in [1.807, 2.05) is 37.4 Å². The predicted octanol–water partition coefficient (Wildman–Crippen LogP) is 1.37. The van der Waals surface area contributed by atoms with Gasteiger partial charge >= 0.3 is 6.09 Å². The number of ether oxygens (including phenoxy) is 1. The van der Waals surface area contributed by atoms with Gasteiger partial charge in [0.15, 0.2) is 0 Å². The summed E-state index contributed by atoms with van der Waals surface area (Å²) in [6.45, 7) is 2.87. The Kier molecular flexibility index (Phi) is 4.62. The van der Waals surface area contributed by atoms with E-state index < -0.39 is 5.60 Å². The van der Waals surface area contributed by atoms with Gasteiger partial charge in [0.2, 0.25) is 0 Å². The zero-order valence-corrected chi connectivity index (χ0v) is 12.0. The molecule has 0 bridgehead atoms. The van der Waals surface area contributed by atoms with Crippen molar-refractivity contribution >= 4 is 6.09 Å². The van der Waals surface area contributed by atoms with Crippen molar-refractivity contribution in [2.45, 2.75) is 31.6 Å². The first kappa shape index (κ1) is 14.8. The molecule has 1 aliphatic heterocycles. The summed E-state index contributed by atoms with van der Waals surface area (Å²) >= 11 is 0. The summed E-state index contributed by atoms with van der Waals surface area (Å²) in [5.41, 5.74) is 0.0244. The van der Waals surface area contributed by atoms with E-state index in [0.29, 0.717) is 13.0 Å². The predicted molar refractivity (Wildman–Crippen MR) is 76.3 cm³/mol. The Hall–Kier alpha value is -1.59. The Morgan fingerprint density at radius 2 is 2.20 bits per heavy atom. The fourth-order valence-corrected chi connectivity index (χ4v) is 2.59. The van der Waals surface area contributed by atoms with Gasteiger partial charge in [0.25, 0.3) is 0 Å². The van der Waals surface area contributed by atoms with Gasteiger partial charge in [-0.15, -0.1) is 0 Å². The smallest absolute Gasteiger partial charge is 0.410 e. The number of nitrogens with zero attached hydrogens (tertiary/aromatic N) is 1. The highest BCUT2D eigenvalue weighted by Gasteiger charge is 2.39. The molecule has 1 saturated heterocycles. The van der Waals surface area contributed by atoms with Crippen molar-refractivity contribution in [2.75, 3.05) is 20.1 Å². The Bertz CT molecular complexity index is 448. The molecule has 2 N–H and O–H groups in total. The van der Waals surface area contributed by atoms with Gasteiger partial charge in [-0.25, -0.2) is 4.79 Å². The van der Waals surface area contributed by atoms with Crippen molar-refractivity contribution in [2.24, 2.45) is 0 Å². The molecule has 0 spiro atoms. The number of rotatable bonds is 3. The molecule has 5 nitrogen and oxygen atoms in total. The molecule has 20 heavy (non-hydrogen) atoms. The second kappa shape index (κ2) is 6.24. The number of hydrogen-bond donors (Lipinski definition) is 2. The quantitative estimate of drug-likeness (QED) is 0.876. The van der Waals surface area contributed by atoms with E-state index in [-0.39, 0.29) is 25.3 Å². The lowest BCUT2D eigenvalue weighted by Gasteiger charge is -2.42. The van der Waals surface area contributed by atoms with Gasteiger partial charge in [0.05, 0.1) is 12.1 Å². The first-order valence-corrected chi connectivity index (χ1v) is 6.88. The number of carbonyl (C=O) groups excluding carboxylic acids is 1. The van der Waals surface area contributed by atoms with Gasteiger partial charge in [0.1, 0.15) is 6.61 Å². The van der Waals surface area contributed by atoms with Gasteiger partial charge in [-0.2, -0.15) is 0 Å². The van der Waals surface area contributed by atoms with Crippen molar-refractivity contribution < 1.29 is 14.6 Å². The van der Waals surface area contributed by atoms with E-state index in [4.69, 9.17) is 4.74 Å². The molecular formula is C15H22N2O3. The largest absolute Gasteiger partial charge is 0.445 e. The standard InChI is InChI=1S/C15H22N2O3/c1-15(19)11-17(9-8-13(15)16-2)14(18)20-10-12-6-4-3-5-7-12/h3-7,13,16,19H,8-11H2,1-2H3. The molecule has 5 heteroatoms. The van der Waals surface area contributed by atoms with E-state index in [1.165, 1.54) is 0 Å². The molecule has 1 amide bonds.